The molecule has 0 bridgehead atoms. The Labute approximate surface area is 84.3 Å². The van der Waals surface area contributed by atoms with Gasteiger partial charge in [-0.2, -0.15) is 0 Å². The van der Waals surface area contributed by atoms with Crippen LogP contribution < -0.4 is 0 Å². The van der Waals surface area contributed by atoms with Gasteiger partial charge in [0.05, 0.1) is 6.54 Å². The molecule has 0 spiro atoms. The number of carboxylic acids is 1. The fourth-order valence-electron chi connectivity index (χ4n) is 1.40. The van der Waals surface area contributed by atoms with E-state index in [0.717, 1.165) is 9.80 Å². The predicted octanol–water partition coefficient (Wildman–Crippen LogP) is -0.587. The molecule has 2 amide bonds. The maximum Gasteiger partial charge on any atom is 0.408 e. The molecule has 0 aromatic heterocycles. The minimum Gasteiger partial charge on any atom is -0.480 e. The number of carboxylic acid groups (broad SMARTS) is 3. The second-order valence-corrected chi connectivity index (χ2v) is 3.06. The molecule has 0 unspecified atom stereocenters. The number of piperazine rings is 1. The molecular formula is C7H10N2O6. The van der Waals surface area contributed by atoms with Crippen LogP contribution >= 0.6 is 0 Å². The van der Waals surface area contributed by atoms with Crippen molar-refractivity contribution in [1.29, 1.82) is 0 Å². The van der Waals surface area contributed by atoms with Crippen molar-refractivity contribution >= 4 is 18.2 Å². The van der Waals surface area contributed by atoms with Gasteiger partial charge in [-0.15, -0.1) is 0 Å². The van der Waals surface area contributed by atoms with Crippen molar-refractivity contribution in [2.45, 2.75) is 6.04 Å². The molecule has 1 atom stereocenters. The molecule has 1 aliphatic heterocycles. The van der Waals surface area contributed by atoms with Crippen LogP contribution in [0.15, 0.2) is 0 Å². The van der Waals surface area contributed by atoms with Crippen LogP contribution in [-0.4, -0.2) is 69.0 Å². The summed E-state index contributed by atoms with van der Waals surface area (Å²) in [7, 11) is 0. The second-order valence-electron chi connectivity index (χ2n) is 3.06. The van der Waals surface area contributed by atoms with Crippen molar-refractivity contribution in [2.24, 2.45) is 0 Å². The third kappa shape index (κ3) is 2.27. The van der Waals surface area contributed by atoms with E-state index < -0.39 is 24.2 Å². The SMILES string of the molecule is O=C(O)[C@@H]1CN(C(=O)O)CCN1C(=O)O. The van der Waals surface area contributed by atoms with Crippen molar-refractivity contribution in [3.8, 4) is 0 Å². The summed E-state index contributed by atoms with van der Waals surface area (Å²) in [6.07, 6.45) is -2.60. The van der Waals surface area contributed by atoms with Gasteiger partial charge in [-0.3, -0.25) is 4.90 Å². The van der Waals surface area contributed by atoms with E-state index in [2.05, 4.69) is 0 Å². The molecule has 1 rings (SSSR count). The Kier molecular flexibility index (Phi) is 2.98. The largest absolute Gasteiger partial charge is 0.480 e. The maximum absolute atomic E-state index is 10.7. The number of aliphatic carboxylic acids is 1. The normalized spacial score (nSPS) is 21.2. The lowest BCUT2D eigenvalue weighted by Gasteiger charge is -2.36. The summed E-state index contributed by atoms with van der Waals surface area (Å²) in [6, 6.07) is -1.33. The Morgan fingerprint density at radius 3 is 2.00 bits per heavy atom. The average Bonchev–Trinajstić information content (AvgIpc) is 2.16. The van der Waals surface area contributed by atoms with Gasteiger partial charge >= 0.3 is 18.2 Å². The van der Waals surface area contributed by atoms with Crippen LogP contribution in [0.4, 0.5) is 9.59 Å². The topological polar surface area (TPSA) is 118 Å². The average molecular weight is 218 g/mol. The quantitative estimate of drug-likeness (QED) is 0.541. The van der Waals surface area contributed by atoms with Crippen LogP contribution in [0.1, 0.15) is 0 Å². The number of carbonyl (C=O) groups is 3. The van der Waals surface area contributed by atoms with Gasteiger partial charge in [-0.25, -0.2) is 14.4 Å². The minimum absolute atomic E-state index is 0.00852. The minimum atomic E-state index is -1.35. The number of hydrogen-bond acceptors (Lipinski definition) is 3. The monoisotopic (exact) mass is 218 g/mol. The van der Waals surface area contributed by atoms with Gasteiger partial charge in [0.25, 0.3) is 0 Å². The first-order chi connectivity index (χ1) is 6.93. The van der Waals surface area contributed by atoms with E-state index in [1.807, 2.05) is 0 Å². The first-order valence-corrected chi connectivity index (χ1v) is 4.13. The fraction of sp³-hybridized carbons (Fsp3) is 0.571. The molecule has 1 heterocycles. The summed E-state index contributed by atoms with van der Waals surface area (Å²) < 4.78 is 0. The first-order valence-electron chi connectivity index (χ1n) is 4.13. The van der Waals surface area contributed by atoms with Gasteiger partial charge < -0.3 is 20.2 Å². The Morgan fingerprint density at radius 1 is 1.00 bits per heavy atom. The first kappa shape index (κ1) is 11.1. The lowest BCUT2D eigenvalue weighted by atomic mass is 10.2. The molecule has 1 saturated heterocycles. The highest BCUT2D eigenvalue weighted by Crippen LogP contribution is 2.10. The van der Waals surface area contributed by atoms with E-state index in [4.69, 9.17) is 15.3 Å². The Bertz CT molecular complexity index is 304. The van der Waals surface area contributed by atoms with Crippen molar-refractivity contribution < 1.29 is 29.7 Å². The Morgan fingerprint density at radius 2 is 1.60 bits per heavy atom. The predicted molar refractivity (Wildman–Crippen MR) is 45.8 cm³/mol. The molecule has 8 nitrogen and oxygen atoms in total. The van der Waals surface area contributed by atoms with Crippen molar-refractivity contribution in [1.82, 2.24) is 9.80 Å². The molecule has 15 heavy (non-hydrogen) atoms. The van der Waals surface area contributed by atoms with E-state index in [-0.39, 0.29) is 19.6 Å². The van der Waals surface area contributed by atoms with Crippen LogP contribution in [0.2, 0.25) is 0 Å². The Balaban J connectivity index is 2.78. The number of nitrogens with zero attached hydrogens (tertiary/aromatic N) is 2. The number of rotatable bonds is 1. The van der Waals surface area contributed by atoms with E-state index in [0.29, 0.717) is 0 Å². The molecule has 0 aromatic rings. The fourth-order valence-corrected chi connectivity index (χ4v) is 1.40. The summed E-state index contributed by atoms with van der Waals surface area (Å²) in [6.45, 7) is -0.471. The smallest absolute Gasteiger partial charge is 0.408 e. The van der Waals surface area contributed by atoms with Gasteiger partial charge in [0.1, 0.15) is 0 Å². The van der Waals surface area contributed by atoms with Gasteiger partial charge in [-0.05, 0) is 0 Å². The highest BCUT2D eigenvalue weighted by atomic mass is 16.4. The van der Waals surface area contributed by atoms with Gasteiger partial charge in [-0.1, -0.05) is 0 Å². The summed E-state index contributed by atoms with van der Waals surface area (Å²) in [5.41, 5.74) is 0. The lowest BCUT2D eigenvalue weighted by molar-refractivity contribution is -0.144. The molecule has 84 valence electrons. The molecule has 0 saturated carbocycles. The van der Waals surface area contributed by atoms with Crippen LogP contribution in [-0.2, 0) is 4.79 Å². The van der Waals surface area contributed by atoms with Crippen LogP contribution in [0.5, 0.6) is 0 Å². The molecular weight excluding hydrogens is 208 g/mol. The molecule has 0 aromatic carbocycles. The summed E-state index contributed by atoms with van der Waals surface area (Å²) in [5, 5.41) is 26.0. The molecule has 0 radical (unpaired) electrons. The van der Waals surface area contributed by atoms with Crippen molar-refractivity contribution in [3.63, 3.8) is 0 Å². The third-order valence-corrected chi connectivity index (χ3v) is 2.18. The van der Waals surface area contributed by atoms with E-state index in [1.165, 1.54) is 0 Å². The standard InChI is InChI=1S/C7H10N2O6/c10-5(11)4-3-8(6(12)13)1-2-9(4)7(14)15/h4H,1-3H2,(H,10,11)(H,12,13)(H,14,15)/t4-/m0/s1. The van der Waals surface area contributed by atoms with E-state index >= 15 is 0 Å². The molecule has 8 heteroatoms. The van der Waals surface area contributed by atoms with Crippen LogP contribution in [0.25, 0.3) is 0 Å². The third-order valence-electron chi connectivity index (χ3n) is 2.18. The number of amides is 2. The Hall–Kier alpha value is -1.99. The van der Waals surface area contributed by atoms with Crippen LogP contribution in [0, 0.1) is 0 Å². The highest BCUT2D eigenvalue weighted by molar-refractivity contribution is 5.80. The van der Waals surface area contributed by atoms with Crippen molar-refractivity contribution in [3.05, 3.63) is 0 Å². The zero-order valence-corrected chi connectivity index (χ0v) is 7.66. The van der Waals surface area contributed by atoms with Crippen LogP contribution in [0.3, 0.4) is 0 Å². The zero-order valence-electron chi connectivity index (χ0n) is 7.66. The zero-order chi connectivity index (χ0) is 11.6. The van der Waals surface area contributed by atoms with E-state index in [1.54, 1.807) is 0 Å². The van der Waals surface area contributed by atoms with Gasteiger partial charge in [0, 0.05) is 13.1 Å². The van der Waals surface area contributed by atoms with Gasteiger partial charge in [0.2, 0.25) is 0 Å². The molecule has 1 fully saturated rings. The van der Waals surface area contributed by atoms with Gasteiger partial charge in [0.15, 0.2) is 6.04 Å². The summed E-state index contributed by atoms with van der Waals surface area (Å²) in [5.74, 6) is -1.34. The molecule has 3 N–H and O–H groups in total. The lowest BCUT2D eigenvalue weighted by Crippen LogP contribution is -2.58. The summed E-state index contributed by atoms with van der Waals surface area (Å²) in [4.78, 5) is 33.5. The number of hydrogen-bond donors (Lipinski definition) is 3. The van der Waals surface area contributed by atoms with E-state index in [9.17, 15) is 14.4 Å². The molecule has 0 aliphatic carbocycles. The molecule has 1 aliphatic rings. The highest BCUT2D eigenvalue weighted by Gasteiger charge is 2.36. The van der Waals surface area contributed by atoms with Crippen molar-refractivity contribution in [2.75, 3.05) is 19.6 Å². The second kappa shape index (κ2) is 4.03. The summed E-state index contributed by atoms with van der Waals surface area (Å²) >= 11 is 0. The maximum atomic E-state index is 10.7.